The van der Waals surface area contributed by atoms with Gasteiger partial charge < -0.3 is 9.97 Å². The van der Waals surface area contributed by atoms with E-state index in [4.69, 9.17) is 27.3 Å². The van der Waals surface area contributed by atoms with Crippen molar-refractivity contribution in [1.29, 1.82) is 0 Å². The third-order valence-electron chi connectivity index (χ3n) is 5.72. The molecule has 0 aliphatic carbocycles. The van der Waals surface area contributed by atoms with Crippen molar-refractivity contribution in [2.45, 2.75) is 4.90 Å². The summed E-state index contributed by atoms with van der Waals surface area (Å²) in [5, 5.41) is 0.0347. The van der Waals surface area contributed by atoms with E-state index in [1.54, 1.807) is 12.1 Å². The van der Waals surface area contributed by atoms with E-state index >= 15 is 0 Å². The van der Waals surface area contributed by atoms with Crippen molar-refractivity contribution in [1.82, 2.24) is 19.9 Å². The second kappa shape index (κ2) is 8.23. The maximum atomic E-state index is 12.1. The lowest BCUT2D eigenvalue weighted by molar-refractivity contribution is 0.609. The minimum Gasteiger partial charge on any atom is -0.355 e. The van der Waals surface area contributed by atoms with Gasteiger partial charge in [-0.2, -0.15) is 0 Å². The van der Waals surface area contributed by atoms with Crippen LogP contribution in [-0.2, 0) is 9.05 Å². The predicted octanol–water partition coefficient (Wildman–Crippen LogP) is 6.90. The number of hydrogen-bond acceptors (Lipinski definition) is 4. The number of hydrogen-bond donors (Lipinski definition) is 2. The average molecular weight is 519 g/mol. The molecule has 4 aromatic rings. The van der Waals surface area contributed by atoms with Gasteiger partial charge in [0.1, 0.15) is 4.90 Å². The molecule has 0 saturated carbocycles. The minimum absolute atomic E-state index is 0.0347. The Morgan fingerprint density at radius 2 is 1.31 bits per heavy atom. The highest BCUT2D eigenvalue weighted by Gasteiger charge is 2.21. The molecular weight excluding hydrogens is 503 g/mol. The molecule has 35 heavy (non-hydrogen) atoms. The fourth-order valence-electron chi connectivity index (χ4n) is 4.18. The Morgan fingerprint density at radius 1 is 0.714 bits per heavy atom. The van der Waals surface area contributed by atoms with Gasteiger partial charge in [0.05, 0.1) is 27.8 Å². The van der Waals surface area contributed by atoms with Crippen molar-refractivity contribution in [2.24, 2.45) is 0 Å². The topological polar surface area (TPSA) is 91.5 Å². The highest BCUT2D eigenvalue weighted by atomic mass is 35.7. The zero-order chi connectivity index (χ0) is 24.2. The van der Waals surface area contributed by atoms with Gasteiger partial charge in [0.15, 0.2) is 0 Å². The first-order valence-corrected chi connectivity index (χ1v) is 13.3. The van der Waals surface area contributed by atoms with Crippen LogP contribution in [0.15, 0.2) is 65.6 Å². The van der Waals surface area contributed by atoms with Gasteiger partial charge in [0, 0.05) is 43.9 Å². The molecule has 0 radical (unpaired) electrons. The lowest BCUT2D eigenvalue weighted by Crippen LogP contribution is -1.95. The van der Waals surface area contributed by atoms with E-state index in [9.17, 15) is 8.42 Å². The second-order valence-corrected chi connectivity index (χ2v) is 11.0. The van der Waals surface area contributed by atoms with Crippen molar-refractivity contribution < 1.29 is 8.42 Å². The summed E-state index contributed by atoms with van der Waals surface area (Å²) in [6.07, 6.45) is 7.68. The normalized spacial score (nSPS) is 12.9. The Kier molecular flexibility index (Phi) is 5.14. The third-order valence-corrected chi connectivity index (χ3v) is 7.60. The lowest BCUT2D eigenvalue weighted by atomic mass is 10.0. The Labute approximate surface area is 210 Å². The number of nitrogens with one attached hydrogen (secondary N) is 2. The number of benzene rings is 1. The highest BCUT2D eigenvalue weighted by Crippen LogP contribution is 2.38. The lowest BCUT2D eigenvalue weighted by Gasteiger charge is -2.09. The summed E-state index contributed by atoms with van der Waals surface area (Å²) in [7, 11) is 1.61. The molecule has 0 amide bonds. The number of aromatic nitrogens is 4. The molecule has 2 aliphatic rings. The molecule has 172 valence electrons. The predicted molar refractivity (Wildman–Crippen MR) is 142 cm³/mol. The molecule has 0 fully saturated rings. The van der Waals surface area contributed by atoms with Crippen LogP contribution in [0.1, 0.15) is 22.8 Å². The number of nitrogens with zero attached hydrogens (tertiary/aromatic N) is 2. The van der Waals surface area contributed by atoms with Gasteiger partial charge in [0.25, 0.3) is 9.05 Å². The number of fused-ring (bicyclic) bond motifs is 8. The van der Waals surface area contributed by atoms with Crippen LogP contribution in [0.25, 0.3) is 57.5 Å². The zero-order valence-corrected chi connectivity index (χ0v) is 20.3. The zero-order valence-electron chi connectivity index (χ0n) is 18.0. The minimum atomic E-state index is -4.04. The molecule has 2 aliphatic heterocycles. The van der Waals surface area contributed by atoms with Crippen molar-refractivity contribution in [3.8, 4) is 11.1 Å². The smallest absolute Gasteiger partial charge is 0.262 e. The molecule has 9 heteroatoms. The Balaban J connectivity index is 1.73. The van der Waals surface area contributed by atoms with Gasteiger partial charge in [-0.05, 0) is 72.8 Å². The van der Waals surface area contributed by atoms with Crippen molar-refractivity contribution in [3.05, 3.63) is 88.5 Å². The van der Waals surface area contributed by atoms with Crippen LogP contribution >= 0.6 is 22.3 Å². The molecule has 0 atom stereocenters. The highest BCUT2D eigenvalue weighted by molar-refractivity contribution is 8.13. The molecule has 6 nitrogen and oxygen atoms in total. The summed E-state index contributed by atoms with van der Waals surface area (Å²) >= 11 is 6.60. The molecule has 3 aromatic heterocycles. The summed E-state index contributed by atoms with van der Waals surface area (Å²) in [5.41, 5.74) is 7.54. The molecule has 6 rings (SSSR count). The van der Waals surface area contributed by atoms with Crippen LogP contribution in [0, 0.1) is 0 Å². The van der Waals surface area contributed by atoms with Crippen molar-refractivity contribution >= 4 is 77.7 Å². The van der Waals surface area contributed by atoms with Gasteiger partial charge in [0.2, 0.25) is 0 Å². The van der Waals surface area contributed by atoms with E-state index in [0.717, 1.165) is 39.1 Å². The van der Waals surface area contributed by atoms with Crippen LogP contribution < -0.4 is 0 Å². The molecular formula is C26H16Cl2N4O2S. The number of halogens is 2. The summed E-state index contributed by atoms with van der Waals surface area (Å²) < 4.78 is 24.2. The van der Waals surface area contributed by atoms with E-state index in [0.29, 0.717) is 16.8 Å². The van der Waals surface area contributed by atoms with Gasteiger partial charge in [-0.3, -0.25) is 0 Å². The number of H-pyrrole nitrogens is 2. The Morgan fingerprint density at radius 3 is 2.00 bits per heavy atom. The van der Waals surface area contributed by atoms with Crippen LogP contribution in [0.2, 0.25) is 5.02 Å². The van der Waals surface area contributed by atoms with Crippen LogP contribution in [0.3, 0.4) is 0 Å². The van der Waals surface area contributed by atoms with E-state index < -0.39 is 9.05 Å². The Hall–Kier alpha value is -3.65. The summed E-state index contributed by atoms with van der Waals surface area (Å²) in [4.78, 5) is 16.1. The van der Waals surface area contributed by atoms with E-state index in [2.05, 4.69) is 15.0 Å². The first-order chi connectivity index (χ1) is 16.8. The van der Waals surface area contributed by atoms with E-state index in [1.807, 2.05) is 66.8 Å². The molecule has 0 unspecified atom stereocenters. The largest absolute Gasteiger partial charge is 0.355 e. The number of rotatable bonds is 2. The quantitative estimate of drug-likeness (QED) is 0.244. The Bertz CT molecular complexity index is 1850. The maximum absolute atomic E-state index is 12.1. The molecule has 8 bridgehead atoms. The van der Waals surface area contributed by atoms with Crippen LogP contribution in [0.4, 0.5) is 0 Å². The average Bonchev–Trinajstić information content (AvgIpc) is 3.60. The monoisotopic (exact) mass is 518 g/mol. The number of aromatic amines is 2. The third kappa shape index (κ3) is 4.18. The standard InChI is InChI=1S/C26H16Cl2N4O2S/c27-26-21(2-1-3-24(26)35(28,33)34)25-22-10-8-19(31-22)13-17-6-4-15(29-17)12-16-5-7-18(30-16)14-20-9-11-23(25)32-20/h1-14,29,32H. The van der Waals surface area contributed by atoms with Gasteiger partial charge >= 0.3 is 0 Å². The van der Waals surface area contributed by atoms with Crippen molar-refractivity contribution in [3.63, 3.8) is 0 Å². The fraction of sp³-hybridized carbons (Fsp3) is 0. The van der Waals surface area contributed by atoms with Crippen LogP contribution in [0.5, 0.6) is 0 Å². The first-order valence-electron chi connectivity index (χ1n) is 10.6. The summed E-state index contributed by atoms with van der Waals surface area (Å²) in [6, 6.07) is 18.4. The van der Waals surface area contributed by atoms with Gasteiger partial charge in [-0.1, -0.05) is 23.7 Å². The van der Waals surface area contributed by atoms with Crippen molar-refractivity contribution in [2.75, 3.05) is 0 Å². The SMILES string of the molecule is O=S(=O)(Cl)c1cccc(-c2c3nc(cc4ccc(cc5nc(cc6ccc2[nH]6)C=C5)[nH]4)C=C3)c1Cl. The van der Waals surface area contributed by atoms with E-state index in [1.165, 1.54) is 6.07 Å². The summed E-state index contributed by atoms with van der Waals surface area (Å²) in [6.45, 7) is 0. The maximum Gasteiger partial charge on any atom is 0.262 e. The molecule has 1 aromatic carbocycles. The molecule has 5 heterocycles. The van der Waals surface area contributed by atoms with Gasteiger partial charge in [-0.25, -0.2) is 18.4 Å². The molecule has 0 spiro atoms. The molecule has 2 N–H and O–H groups in total. The van der Waals surface area contributed by atoms with Gasteiger partial charge in [-0.15, -0.1) is 0 Å². The first kappa shape index (κ1) is 21.9. The summed E-state index contributed by atoms with van der Waals surface area (Å²) in [5.74, 6) is 0. The fourth-order valence-corrected chi connectivity index (χ4v) is 5.78. The van der Waals surface area contributed by atoms with Crippen LogP contribution in [-0.4, -0.2) is 28.4 Å². The van der Waals surface area contributed by atoms with E-state index in [-0.39, 0.29) is 9.92 Å². The molecule has 0 saturated heterocycles. The second-order valence-electron chi connectivity index (χ2n) is 8.11.